The van der Waals surface area contributed by atoms with Crippen LogP contribution in [0.15, 0.2) is 11.5 Å². The van der Waals surface area contributed by atoms with Crippen LogP contribution in [0.1, 0.15) is 46.5 Å². The summed E-state index contributed by atoms with van der Waals surface area (Å²) in [5.74, 6) is 2.75. The normalized spacial score (nSPS) is 29.1. The summed E-state index contributed by atoms with van der Waals surface area (Å²) in [6.45, 7) is 10.8. The Labute approximate surface area is 102 Å². The number of hydrogen-bond acceptors (Lipinski definition) is 1. The van der Waals surface area contributed by atoms with Gasteiger partial charge in [0, 0.05) is 4.99 Å². The number of allylic oxidation sites excluding steroid dienone is 1. The zero-order chi connectivity index (χ0) is 11.4. The molecule has 2 unspecified atom stereocenters. The molecule has 1 saturated carbocycles. The molecule has 1 fully saturated rings. The van der Waals surface area contributed by atoms with Gasteiger partial charge in [0.05, 0.1) is 0 Å². The van der Waals surface area contributed by atoms with Gasteiger partial charge in [-0.05, 0) is 55.3 Å². The van der Waals surface area contributed by atoms with E-state index in [0.717, 1.165) is 17.8 Å². The highest BCUT2D eigenvalue weighted by Crippen LogP contribution is 2.41. The second-order valence-electron chi connectivity index (χ2n) is 5.20. The maximum Gasteiger partial charge on any atom is 0.0262 e. The van der Waals surface area contributed by atoms with Crippen molar-refractivity contribution < 1.29 is 0 Å². The third kappa shape index (κ3) is 4.49. The monoisotopic (exact) mass is 244 g/mol. The minimum atomic E-state index is 0.690. The predicted octanol–water partition coefficient (Wildman–Crippen LogP) is 4.92. The Hall–Kier alpha value is 0.520. The first-order valence-corrected chi connectivity index (χ1v) is 7.63. The highest BCUT2D eigenvalue weighted by Gasteiger charge is 2.26. The molecule has 88 valence electrons. The van der Waals surface area contributed by atoms with Crippen molar-refractivity contribution in [3.63, 3.8) is 0 Å². The summed E-state index contributed by atoms with van der Waals surface area (Å²) in [6, 6.07) is 0. The number of hydrogen-bond donors (Lipinski definition) is 0. The smallest absolute Gasteiger partial charge is 0.0262 e. The summed E-state index contributed by atoms with van der Waals surface area (Å²) in [4.78, 5) is 1.94. The van der Waals surface area contributed by atoms with E-state index in [1.807, 2.05) is 11.8 Å². The fraction of sp³-hybridized carbons (Fsp3) is 0.846. The molecule has 0 spiro atoms. The standard InChI is InChI=1S/C13H25PS/c1-9(2)11-5-7-12(8-6-11)13(14)15-10(3)4/h9,11-13H,3,5-8,14H2,1-2,4H3. The molecule has 0 aromatic carbocycles. The van der Waals surface area contributed by atoms with Crippen molar-refractivity contribution in [3.05, 3.63) is 11.5 Å². The van der Waals surface area contributed by atoms with E-state index in [4.69, 9.17) is 0 Å². The van der Waals surface area contributed by atoms with E-state index in [-0.39, 0.29) is 0 Å². The molecule has 2 heteroatoms. The molecule has 0 bridgehead atoms. The van der Waals surface area contributed by atoms with Gasteiger partial charge >= 0.3 is 0 Å². The number of rotatable bonds is 4. The zero-order valence-corrected chi connectivity index (χ0v) is 12.3. The van der Waals surface area contributed by atoms with Crippen LogP contribution in [0.3, 0.4) is 0 Å². The Morgan fingerprint density at radius 1 is 1.20 bits per heavy atom. The van der Waals surface area contributed by atoms with Crippen LogP contribution in [0.5, 0.6) is 0 Å². The first-order chi connectivity index (χ1) is 7.00. The zero-order valence-electron chi connectivity index (χ0n) is 10.3. The molecule has 0 N–H and O–H groups in total. The van der Waals surface area contributed by atoms with Gasteiger partial charge < -0.3 is 0 Å². The molecular formula is C13H25PS. The molecular weight excluding hydrogens is 219 g/mol. The van der Waals surface area contributed by atoms with Crippen LogP contribution in [-0.2, 0) is 0 Å². The van der Waals surface area contributed by atoms with Gasteiger partial charge in [0.15, 0.2) is 0 Å². The van der Waals surface area contributed by atoms with E-state index in [9.17, 15) is 0 Å². The molecule has 0 aliphatic heterocycles. The Morgan fingerprint density at radius 3 is 2.07 bits per heavy atom. The molecule has 0 saturated heterocycles. The molecule has 15 heavy (non-hydrogen) atoms. The second kappa shape index (κ2) is 6.30. The lowest BCUT2D eigenvalue weighted by atomic mass is 9.77. The van der Waals surface area contributed by atoms with Crippen LogP contribution in [0.25, 0.3) is 0 Å². The van der Waals surface area contributed by atoms with Gasteiger partial charge in [0.2, 0.25) is 0 Å². The van der Waals surface area contributed by atoms with E-state index >= 15 is 0 Å². The SMILES string of the molecule is C=C(C)SC(P)C1CCC(C(C)C)CC1. The Bertz CT molecular complexity index is 205. The maximum absolute atomic E-state index is 3.98. The van der Waals surface area contributed by atoms with E-state index in [1.165, 1.54) is 30.6 Å². The molecule has 0 aromatic heterocycles. The fourth-order valence-electron chi connectivity index (χ4n) is 2.47. The molecule has 0 heterocycles. The van der Waals surface area contributed by atoms with Gasteiger partial charge in [-0.3, -0.25) is 0 Å². The minimum Gasteiger partial charge on any atom is -0.124 e. The fourth-order valence-corrected chi connectivity index (χ4v) is 4.48. The molecule has 2 atom stereocenters. The van der Waals surface area contributed by atoms with Crippen molar-refractivity contribution in [2.45, 2.75) is 51.4 Å². The minimum absolute atomic E-state index is 0.690. The predicted molar refractivity (Wildman–Crippen MR) is 76.2 cm³/mol. The summed E-state index contributed by atoms with van der Waals surface area (Å²) < 4.78 is 0. The Kier molecular flexibility index (Phi) is 5.71. The molecule has 1 aliphatic rings. The first kappa shape index (κ1) is 13.6. The van der Waals surface area contributed by atoms with Gasteiger partial charge in [-0.15, -0.1) is 21.0 Å². The van der Waals surface area contributed by atoms with Gasteiger partial charge in [-0.25, -0.2) is 0 Å². The molecule has 0 nitrogen and oxygen atoms in total. The Balaban J connectivity index is 2.33. The molecule has 1 rings (SSSR count). The van der Waals surface area contributed by atoms with Crippen LogP contribution >= 0.6 is 21.0 Å². The van der Waals surface area contributed by atoms with E-state index < -0.39 is 0 Å². The largest absolute Gasteiger partial charge is 0.124 e. The van der Waals surface area contributed by atoms with Gasteiger partial charge in [0.1, 0.15) is 0 Å². The lowest BCUT2D eigenvalue weighted by molar-refractivity contribution is 0.233. The average molecular weight is 244 g/mol. The first-order valence-electron chi connectivity index (χ1n) is 6.08. The molecule has 0 amide bonds. The van der Waals surface area contributed by atoms with Crippen LogP contribution in [0.2, 0.25) is 0 Å². The van der Waals surface area contributed by atoms with Crippen LogP contribution in [0.4, 0.5) is 0 Å². The Morgan fingerprint density at radius 2 is 1.67 bits per heavy atom. The van der Waals surface area contributed by atoms with Gasteiger partial charge in [-0.1, -0.05) is 20.4 Å². The summed E-state index contributed by atoms with van der Waals surface area (Å²) in [7, 11) is 3.01. The average Bonchev–Trinajstić information content (AvgIpc) is 2.17. The lowest BCUT2D eigenvalue weighted by Gasteiger charge is -2.33. The van der Waals surface area contributed by atoms with Crippen LogP contribution in [0, 0.1) is 17.8 Å². The summed E-state index contributed by atoms with van der Waals surface area (Å²) in [6.07, 6.45) is 5.70. The molecule has 0 aromatic rings. The lowest BCUT2D eigenvalue weighted by Crippen LogP contribution is -2.22. The third-order valence-corrected chi connectivity index (χ3v) is 5.57. The summed E-state index contributed by atoms with van der Waals surface area (Å²) >= 11 is 1.94. The van der Waals surface area contributed by atoms with Crippen molar-refractivity contribution in [1.29, 1.82) is 0 Å². The van der Waals surface area contributed by atoms with Crippen molar-refractivity contribution in [1.82, 2.24) is 0 Å². The van der Waals surface area contributed by atoms with Gasteiger partial charge in [0.25, 0.3) is 0 Å². The van der Waals surface area contributed by atoms with Crippen LogP contribution in [-0.4, -0.2) is 4.99 Å². The highest BCUT2D eigenvalue weighted by atomic mass is 32.2. The highest BCUT2D eigenvalue weighted by molar-refractivity contribution is 8.06. The summed E-state index contributed by atoms with van der Waals surface area (Å²) in [5.41, 5.74) is 0. The van der Waals surface area contributed by atoms with Crippen molar-refractivity contribution in [2.24, 2.45) is 17.8 Å². The van der Waals surface area contributed by atoms with E-state index in [0.29, 0.717) is 4.99 Å². The van der Waals surface area contributed by atoms with E-state index in [2.05, 4.69) is 36.6 Å². The quantitative estimate of drug-likeness (QED) is 0.633. The van der Waals surface area contributed by atoms with Crippen molar-refractivity contribution in [3.8, 4) is 0 Å². The van der Waals surface area contributed by atoms with Crippen molar-refractivity contribution >= 4 is 21.0 Å². The van der Waals surface area contributed by atoms with E-state index in [1.54, 1.807) is 0 Å². The maximum atomic E-state index is 3.98. The molecule has 1 aliphatic carbocycles. The number of thioether (sulfide) groups is 1. The molecule has 0 radical (unpaired) electrons. The second-order valence-corrected chi connectivity index (χ2v) is 7.88. The summed E-state index contributed by atoms with van der Waals surface area (Å²) in [5, 5.41) is 0. The topological polar surface area (TPSA) is 0 Å². The third-order valence-electron chi connectivity index (χ3n) is 3.56. The van der Waals surface area contributed by atoms with Gasteiger partial charge in [-0.2, -0.15) is 0 Å². The van der Waals surface area contributed by atoms with Crippen molar-refractivity contribution in [2.75, 3.05) is 0 Å². The van der Waals surface area contributed by atoms with Crippen LogP contribution < -0.4 is 0 Å².